The molecule has 0 fully saturated rings. The summed E-state index contributed by atoms with van der Waals surface area (Å²) in [6.45, 7) is 0. The normalized spacial score (nSPS) is 12.1. The van der Waals surface area contributed by atoms with Crippen LogP contribution in [0, 0.1) is 0 Å². The van der Waals surface area contributed by atoms with Crippen LogP contribution in [0.2, 0.25) is 0 Å². The largest absolute Gasteiger partial charge is 0.454 e. The molecule has 0 bridgehead atoms. The van der Waals surface area contributed by atoms with Gasteiger partial charge in [0.1, 0.15) is 16.7 Å². The van der Waals surface area contributed by atoms with Crippen LogP contribution in [0.25, 0.3) is 105 Å². The lowest BCUT2D eigenvalue weighted by molar-refractivity contribution is 0.670. The van der Waals surface area contributed by atoms with E-state index in [0.29, 0.717) is 0 Å². The molecule has 0 aliphatic rings. The van der Waals surface area contributed by atoms with Crippen molar-refractivity contribution in [2.45, 2.75) is 0 Å². The molecular formula is C45H26N2O2. The molecule has 0 saturated carbocycles. The lowest BCUT2D eigenvalue weighted by Crippen LogP contribution is -1.95. The van der Waals surface area contributed by atoms with Crippen molar-refractivity contribution in [3.05, 3.63) is 158 Å². The first-order chi connectivity index (χ1) is 24.3. The summed E-state index contributed by atoms with van der Waals surface area (Å²) in [7, 11) is 0. The summed E-state index contributed by atoms with van der Waals surface area (Å²) in [5.74, 6) is 0. The van der Waals surface area contributed by atoms with Gasteiger partial charge in [0.15, 0.2) is 11.2 Å². The van der Waals surface area contributed by atoms with Gasteiger partial charge >= 0.3 is 0 Å². The maximum atomic E-state index is 6.59. The Morgan fingerprint density at radius 3 is 1.94 bits per heavy atom. The van der Waals surface area contributed by atoms with Crippen LogP contribution < -0.4 is 0 Å². The van der Waals surface area contributed by atoms with Gasteiger partial charge in [-0.3, -0.25) is 0 Å². The van der Waals surface area contributed by atoms with E-state index in [-0.39, 0.29) is 0 Å². The van der Waals surface area contributed by atoms with Crippen LogP contribution in [-0.2, 0) is 0 Å². The minimum atomic E-state index is 0.811. The Morgan fingerprint density at radius 2 is 1.06 bits per heavy atom. The first-order valence-electron chi connectivity index (χ1n) is 16.5. The van der Waals surface area contributed by atoms with Crippen LogP contribution in [-0.4, -0.2) is 9.55 Å². The molecular weight excluding hydrogens is 601 g/mol. The van der Waals surface area contributed by atoms with E-state index in [2.05, 4.69) is 126 Å². The number of para-hydroxylation sites is 4. The predicted molar refractivity (Wildman–Crippen MR) is 202 cm³/mol. The first-order valence-corrected chi connectivity index (χ1v) is 16.5. The van der Waals surface area contributed by atoms with E-state index >= 15 is 0 Å². The molecule has 0 saturated heterocycles. The highest BCUT2D eigenvalue weighted by Crippen LogP contribution is 2.42. The molecule has 0 radical (unpaired) electrons. The number of benzene rings is 7. The molecule has 0 N–H and O–H groups in total. The fraction of sp³-hybridized carbons (Fsp3) is 0. The average molecular weight is 627 g/mol. The van der Waals surface area contributed by atoms with E-state index in [4.69, 9.17) is 13.8 Å². The zero-order valence-electron chi connectivity index (χ0n) is 26.2. The van der Waals surface area contributed by atoms with Crippen molar-refractivity contribution in [2.75, 3.05) is 0 Å². The number of hydrogen-bond acceptors (Lipinski definition) is 3. The quantitative estimate of drug-likeness (QED) is 0.196. The van der Waals surface area contributed by atoms with E-state index in [1.807, 2.05) is 36.4 Å². The maximum absolute atomic E-state index is 6.59. The zero-order valence-corrected chi connectivity index (χ0v) is 26.2. The van der Waals surface area contributed by atoms with Crippen molar-refractivity contribution < 1.29 is 8.83 Å². The van der Waals surface area contributed by atoms with Crippen LogP contribution in [0.4, 0.5) is 0 Å². The van der Waals surface area contributed by atoms with Crippen molar-refractivity contribution in [1.82, 2.24) is 9.55 Å². The van der Waals surface area contributed by atoms with Gasteiger partial charge in [-0.05, 0) is 71.3 Å². The number of aromatic nitrogens is 2. The second-order valence-electron chi connectivity index (χ2n) is 12.7. The highest BCUT2D eigenvalue weighted by atomic mass is 16.3. The molecule has 11 rings (SSSR count). The molecule has 4 nitrogen and oxygen atoms in total. The van der Waals surface area contributed by atoms with Gasteiger partial charge in [0, 0.05) is 43.6 Å². The molecule has 11 aromatic rings. The Balaban J connectivity index is 1.14. The zero-order chi connectivity index (χ0) is 32.1. The summed E-state index contributed by atoms with van der Waals surface area (Å²) < 4.78 is 15.5. The van der Waals surface area contributed by atoms with E-state index in [1.54, 1.807) is 0 Å². The summed E-state index contributed by atoms with van der Waals surface area (Å²) >= 11 is 0. The van der Waals surface area contributed by atoms with E-state index < -0.39 is 0 Å². The van der Waals surface area contributed by atoms with Gasteiger partial charge in [-0.1, -0.05) is 103 Å². The Bertz CT molecular complexity index is 3120. The summed E-state index contributed by atoms with van der Waals surface area (Å²) in [6.07, 6.45) is 0. The van der Waals surface area contributed by atoms with E-state index in [9.17, 15) is 0 Å². The van der Waals surface area contributed by atoms with Crippen LogP contribution in [0.15, 0.2) is 167 Å². The summed E-state index contributed by atoms with van der Waals surface area (Å²) in [4.78, 5) is 5.05. The SMILES string of the molecule is c1cc(-c2cccc(-n3c4ccccc4c4ccc5c6ccccc6oc5c43)c2)cc(-c2c3ccccc3nc3c2oc2ccccc23)c1. The van der Waals surface area contributed by atoms with Crippen molar-refractivity contribution in [1.29, 1.82) is 0 Å². The number of pyridine rings is 1. The minimum absolute atomic E-state index is 0.811. The van der Waals surface area contributed by atoms with Crippen LogP contribution >= 0.6 is 0 Å². The van der Waals surface area contributed by atoms with Gasteiger partial charge in [0.25, 0.3) is 0 Å². The molecule has 0 amide bonds. The van der Waals surface area contributed by atoms with E-state index in [0.717, 1.165) is 93.9 Å². The van der Waals surface area contributed by atoms with Crippen molar-refractivity contribution in [2.24, 2.45) is 0 Å². The number of nitrogens with zero attached hydrogens (tertiary/aromatic N) is 2. The standard InChI is InChI=1S/C45H26N2O2/c1-5-19-37-35(17-1)41(45-42(46-37)36-18-4-8-22-40(36)49-45)29-13-9-11-27(25-29)28-12-10-14-30(26-28)47-38-20-6-2-15-31(38)33-23-24-34-32-16-3-7-21-39(32)48-44(34)43(33)47/h1-26H. The second kappa shape index (κ2) is 9.93. The Kier molecular flexibility index (Phi) is 5.35. The monoisotopic (exact) mass is 626 g/mol. The molecule has 4 aromatic heterocycles. The third kappa shape index (κ3) is 3.77. The lowest BCUT2D eigenvalue weighted by Gasteiger charge is -2.12. The molecule has 7 aromatic carbocycles. The highest BCUT2D eigenvalue weighted by Gasteiger charge is 2.20. The molecule has 49 heavy (non-hydrogen) atoms. The number of rotatable bonds is 3. The molecule has 228 valence electrons. The highest BCUT2D eigenvalue weighted by molar-refractivity contribution is 6.21. The van der Waals surface area contributed by atoms with Crippen LogP contribution in [0.5, 0.6) is 0 Å². The molecule has 0 unspecified atom stereocenters. The second-order valence-corrected chi connectivity index (χ2v) is 12.7. The molecule has 0 aliphatic heterocycles. The van der Waals surface area contributed by atoms with Crippen molar-refractivity contribution in [3.8, 4) is 27.9 Å². The lowest BCUT2D eigenvalue weighted by atomic mass is 9.95. The number of furan rings is 2. The van der Waals surface area contributed by atoms with Gasteiger partial charge in [0.05, 0.1) is 16.6 Å². The Labute approximate surface area is 280 Å². The van der Waals surface area contributed by atoms with Crippen LogP contribution in [0.3, 0.4) is 0 Å². The minimum Gasteiger partial charge on any atom is -0.454 e. The summed E-state index contributed by atoms with van der Waals surface area (Å²) in [5.41, 5.74) is 13.0. The number of fused-ring (bicyclic) bond motifs is 11. The van der Waals surface area contributed by atoms with Crippen molar-refractivity contribution in [3.63, 3.8) is 0 Å². The predicted octanol–water partition coefficient (Wildman–Crippen LogP) is 12.5. The van der Waals surface area contributed by atoms with Gasteiger partial charge in [-0.25, -0.2) is 4.98 Å². The van der Waals surface area contributed by atoms with Gasteiger partial charge in [0.2, 0.25) is 0 Å². The maximum Gasteiger partial charge on any atom is 0.162 e. The fourth-order valence-electron chi connectivity index (χ4n) is 7.80. The Morgan fingerprint density at radius 1 is 0.429 bits per heavy atom. The molecule has 0 spiro atoms. The van der Waals surface area contributed by atoms with Gasteiger partial charge in [-0.2, -0.15) is 0 Å². The average Bonchev–Trinajstić information content (AvgIpc) is 3.83. The van der Waals surface area contributed by atoms with Crippen molar-refractivity contribution >= 4 is 76.7 Å². The molecule has 4 heterocycles. The van der Waals surface area contributed by atoms with Gasteiger partial charge in [-0.15, -0.1) is 0 Å². The molecule has 4 heteroatoms. The third-order valence-electron chi connectivity index (χ3n) is 9.97. The third-order valence-corrected chi connectivity index (χ3v) is 9.97. The molecule has 0 aliphatic carbocycles. The molecule has 0 atom stereocenters. The van der Waals surface area contributed by atoms with Crippen LogP contribution in [0.1, 0.15) is 0 Å². The smallest absolute Gasteiger partial charge is 0.162 e. The first kappa shape index (κ1) is 26.4. The Hall–Kier alpha value is -6.65. The summed E-state index contributed by atoms with van der Waals surface area (Å²) in [6, 6.07) is 55.4. The van der Waals surface area contributed by atoms with Gasteiger partial charge < -0.3 is 13.4 Å². The fourth-order valence-corrected chi connectivity index (χ4v) is 7.80. The number of hydrogen-bond donors (Lipinski definition) is 0. The van der Waals surface area contributed by atoms with E-state index in [1.165, 1.54) is 10.8 Å². The summed E-state index contributed by atoms with van der Waals surface area (Å²) in [5, 5.41) is 6.72. The topological polar surface area (TPSA) is 44.1 Å².